The molecule has 0 saturated heterocycles. The first kappa shape index (κ1) is 22.9. The number of benzene rings is 2. The van der Waals surface area contributed by atoms with E-state index in [1.54, 1.807) is 77.1 Å². The van der Waals surface area contributed by atoms with E-state index in [1.807, 2.05) is 6.07 Å². The van der Waals surface area contributed by atoms with Crippen LogP contribution in [0.1, 0.15) is 63.1 Å². The van der Waals surface area contributed by atoms with Crippen molar-refractivity contribution in [2.75, 3.05) is 10.6 Å². The summed E-state index contributed by atoms with van der Waals surface area (Å²) in [5.41, 5.74) is 1.60. The number of hydrogen-bond donors (Lipinski definition) is 2. The van der Waals surface area contributed by atoms with Gasteiger partial charge in [0.2, 0.25) is 0 Å². The first-order valence-corrected chi connectivity index (χ1v) is 9.79. The molecule has 2 rings (SSSR count). The molecule has 0 aliphatic rings. The molecule has 30 heavy (non-hydrogen) atoms. The number of carbonyl (C=O) groups is 3. The second kappa shape index (κ2) is 9.91. The zero-order valence-corrected chi connectivity index (χ0v) is 17.9. The smallest absolute Gasteiger partial charge is 0.412 e. The Labute approximate surface area is 176 Å². The maximum atomic E-state index is 12.7. The minimum atomic E-state index is -0.597. The van der Waals surface area contributed by atoms with E-state index in [0.29, 0.717) is 22.5 Å². The van der Waals surface area contributed by atoms with Gasteiger partial charge in [0, 0.05) is 28.9 Å². The maximum Gasteiger partial charge on any atom is 0.412 e. The quantitative estimate of drug-likeness (QED) is 0.628. The Kier molecular flexibility index (Phi) is 7.58. The fraction of sp³-hybridized carbons (Fsp3) is 0.348. The molecule has 0 aliphatic heterocycles. The van der Waals surface area contributed by atoms with Gasteiger partial charge in [0.1, 0.15) is 11.7 Å². The van der Waals surface area contributed by atoms with Crippen LogP contribution in [-0.2, 0) is 14.3 Å². The van der Waals surface area contributed by atoms with Crippen LogP contribution in [0.5, 0.6) is 0 Å². The van der Waals surface area contributed by atoms with Crippen LogP contribution in [0, 0.1) is 0 Å². The van der Waals surface area contributed by atoms with Gasteiger partial charge in [-0.1, -0.05) is 25.1 Å². The first-order valence-electron chi connectivity index (χ1n) is 9.79. The van der Waals surface area contributed by atoms with Gasteiger partial charge < -0.3 is 14.8 Å². The molecule has 1 atom stereocenters. The minimum Gasteiger partial charge on any atom is -0.458 e. The van der Waals surface area contributed by atoms with Gasteiger partial charge in [-0.2, -0.15) is 0 Å². The molecule has 2 aromatic carbocycles. The van der Waals surface area contributed by atoms with E-state index in [2.05, 4.69) is 10.6 Å². The van der Waals surface area contributed by atoms with Crippen LogP contribution in [0.4, 0.5) is 16.2 Å². The number of hydrogen-bond acceptors (Lipinski definition) is 5. The number of esters is 1. The summed E-state index contributed by atoms with van der Waals surface area (Å²) in [7, 11) is 0. The highest BCUT2D eigenvalue weighted by Gasteiger charge is 2.18. The molecule has 0 radical (unpaired) electrons. The summed E-state index contributed by atoms with van der Waals surface area (Å²) in [5, 5.41) is 5.47. The van der Waals surface area contributed by atoms with Crippen LogP contribution in [-0.4, -0.2) is 23.6 Å². The zero-order chi connectivity index (χ0) is 22.3. The van der Waals surface area contributed by atoms with Crippen molar-refractivity contribution in [3.63, 3.8) is 0 Å². The molecule has 0 saturated carbocycles. The van der Waals surface area contributed by atoms with Gasteiger partial charge in [-0.05, 0) is 58.0 Å². The number of anilines is 2. The van der Waals surface area contributed by atoms with Crippen molar-refractivity contribution >= 4 is 29.3 Å². The number of rotatable bonds is 6. The molecule has 2 amide bonds. The lowest BCUT2D eigenvalue weighted by Crippen LogP contribution is -2.27. The lowest BCUT2D eigenvalue weighted by Gasteiger charge is -2.19. The van der Waals surface area contributed by atoms with Crippen LogP contribution >= 0.6 is 0 Å². The number of ether oxygens (including phenoxy) is 2. The van der Waals surface area contributed by atoms with E-state index in [1.165, 1.54) is 0 Å². The number of nitrogens with one attached hydrogen (secondary N) is 2. The van der Waals surface area contributed by atoms with Gasteiger partial charge in [-0.15, -0.1) is 0 Å². The van der Waals surface area contributed by atoms with Crippen LogP contribution in [0.3, 0.4) is 0 Å². The molecular weight excluding hydrogens is 384 g/mol. The Hall–Kier alpha value is -3.35. The van der Waals surface area contributed by atoms with Gasteiger partial charge in [0.25, 0.3) is 5.91 Å². The van der Waals surface area contributed by atoms with E-state index in [4.69, 9.17) is 9.47 Å². The third-order valence-electron chi connectivity index (χ3n) is 4.04. The molecule has 2 N–H and O–H groups in total. The second-order valence-electron chi connectivity index (χ2n) is 7.73. The molecule has 0 fully saturated rings. The molecule has 7 nitrogen and oxygen atoms in total. The maximum absolute atomic E-state index is 12.7. The van der Waals surface area contributed by atoms with E-state index >= 15 is 0 Å². The number of amides is 2. The summed E-state index contributed by atoms with van der Waals surface area (Å²) >= 11 is 0. The number of para-hydroxylation sites is 1. The van der Waals surface area contributed by atoms with Crippen molar-refractivity contribution in [1.29, 1.82) is 0 Å². The summed E-state index contributed by atoms with van der Waals surface area (Å²) in [5.74, 6) is -0.628. The molecule has 0 heterocycles. The highest BCUT2D eigenvalue weighted by molar-refractivity contribution is 6.05. The van der Waals surface area contributed by atoms with Crippen LogP contribution < -0.4 is 10.6 Å². The van der Waals surface area contributed by atoms with Gasteiger partial charge in [-0.25, -0.2) is 4.79 Å². The third-order valence-corrected chi connectivity index (χ3v) is 4.04. The van der Waals surface area contributed by atoms with Crippen molar-refractivity contribution < 1.29 is 23.9 Å². The second-order valence-corrected chi connectivity index (χ2v) is 7.73. The molecule has 0 aliphatic carbocycles. The summed E-state index contributed by atoms with van der Waals surface area (Å²) in [6.45, 7) is 8.82. The summed E-state index contributed by atoms with van der Waals surface area (Å²) in [4.78, 5) is 36.1. The Morgan fingerprint density at radius 1 is 0.967 bits per heavy atom. The Morgan fingerprint density at radius 2 is 1.60 bits per heavy atom. The lowest BCUT2D eigenvalue weighted by atomic mass is 10.1. The highest BCUT2D eigenvalue weighted by Crippen LogP contribution is 2.26. The van der Waals surface area contributed by atoms with E-state index in [9.17, 15) is 14.4 Å². The van der Waals surface area contributed by atoms with Gasteiger partial charge >= 0.3 is 12.1 Å². The number of carbonyl (C=O) groups excluding carboxylic acids is 3. The van der Waals surface area contributed by atoms with Gasteiger partial charge in [-0.3, -0.25) is 14.9 Å². The molecular formula is C23H28N2O5. The topological polar surface area (TPSA) is 93.7 Å². The van der Waals surface area contributed by atoms with Crippen molar-refractivity contribution in [2.45, 2.75) is 52.7 Å². The Morgan fingerprint density at radius 3 is 2.20 bits per heavy atom. The molecule has 1 unspecified atom stereocenters. The van der Waals surface area contributed by atoms with E-state index in [0.717, 1.165) is 0 Å². The molecule has 0 aromatic heterocycles. The predicted octanol–water partition coefficient (Wildman–Crippen LogP) is 5.30. The van der Waals surface area contributed by atoms with Crippen molar-refractivity contribution in [3.05, 3.63) is 59.7 Å². The molecule has 2 aromatic rings. The molecule has 0 spiro atoms. The van der Waals surface area contributed by atoms with E-state index in [-0.39, 0.29) is 18.3 Å². The fourth-order valence-corrected chi connectivity index (χ4v) is 2.63. The minimum absolute atomic E-state index is 0.280. The summed E-state index contributed by atoms with van der Waals surface area (Å²) < 4.78 is 10.6. The average molecular weight is 412 g/mol. The normalized spacial score (nSPS) is 11.9. The van der Waals surface area contributed by atoms with Crippen molar-refractivity contribution in [1.82, 2.24) is 0 Å². The first-order chi connectivity index (χ1) is 14.1. The van der Waals surface area contributed by atoms with Gasteiger partial charge in [0.15, 0.2) is 0 Å². The van der Waals surface area contributed by atoms with Crippen LogP contribution in [0.25, 0.3) is 0 Å². The summed E-state index contributed by atoms with van der Waals surface area (Å²) in [6.07, 6.45) is -0.777. The lowest BCUT2D eigenvalue weighted by molar-refractivity contribution is -0.148. The van der Waals surface area contributed by atoms with Gasteiger partial charge in [0.05, 0.1) is 0 Å². The monoisotopic (exact) mass is 412 g/mol. The standard InChI is InChI=1S/C23H28N2O5/c1-6-20(26)29-15(2)18-9-7-8-10-19(18)25-21(27)16-11-13-17(14-12-16)24-22(28)30-23(3,4)5/h7-15H,6H2,1-5H3,(H,24,28)(H,25,27). The summed E-state index contributed by atoms with van der Waals surface area (Å²) in [6, 6.07) is 13.6. The van der Waals surface area contributed by atoms with E-state index < -0.39 is 17.8 Å². The SMILES string of the molecule is CCC(=O)OC(C)c1ccccc1NC(=O)c1ccc(NC(=O)OC(C)(C)C)cc1. The van der Waals surface area contributed by atoms with Crippen molar-refractivity contribution in [2.24, 2.45) is 0 Å². The van der Waals surface area contributed by atoms with Crippen LogP contribution in [0.15, 0.2) is 48.5 Å². The highest BCUT2D eigenvalue weighted by atomic mass is 16.6. The zero-order valence-electron chi connectivity index (χ0n) is 17.9. The Bertz CT molecular complexity index is 901. The average Bonchev–Trinajstić information content (AvgIpc) is 2.67. The molecule has 0 bridgehead atoms. The molecule has 160 valence electrons. The Balaban J connectivity index is 2.06. The van der Waals surface area contributed by atoms with Crippen LogP contribution in [0.2, 0.25) is 0 Å². The predicted molar refractivity (Wildman–Crippen MR) is 115 cm³/mol. The molecule has 7 heteroatoms. The fourth-order valence-electron chi connectivity index (χ4n) is 2.63. The van der Waals surface area contributed by atoms with Crippen molar-refractivity contribution in [3.8, 4) is 0 Å². The largest absolute Gasteiger partial charge is 0.458 e. The third kappa shape index (κ3) is 6.92.